The summed E-state index contributed by atoms with van der Waals surface area (Å²) >= 11 is 0. The van der Waals surface area contributed by atoms with E-state index in [2.05, 4.69) is 26.1 Å². The van der Waals surface area contributed by atoms with Gasteiger partial charge in [-0.2, -0.15) is 0 Å². The third kappa shape index (κ3) is 3.94. The van der Waals surface area contributed by atoms with Gasteiger partial charge < -0.3 is 14.8 Å². The molecule has 0 fully saturated rings. The number of rotatable bonds is 4. The van der Waals surface area contributed by atoms with Crippen LogP contribution < -0.4 is 5.32 Å². The Kier molecular flexibility index (Phi) is 3.72. The van der Waals surface area contributed by atoms with E-state index in [9.17, 15) is 0 Å². The maximum absolute atomic E-state index is 8.80. The first-order chi connectivity index (χ1) is 6.51. The lowest BCUT2D eigenvalue weighted by molar-refractivity contribution is 0.243. The van der Waals surface area contributed by atoms with Gasteiger partial charge in [-0.25, -0.2) is 0 Å². The van der Waals surface area contributed by atoms with Gasteiger partial charge in [-0.3, -0.25) is 0 Å². The minimum absolute atomic E-state index is 0.0211. The SMILES string of the molecule is CC(C)(C)NCCc1ccc(CO)o1. The highest BCUT2D eigenvalue weighted by Gasteiger charge is 2.08. The molecular formula is C11H19NO2. The number of hydrogen-bond acceptors (Lipinski definition) is 3. The van der Waals surface area contributed by atoms with Gasteiger partial charge in [0.15, 0.2) is 0 Å². The van der Waals surface area contributed by atoms with Crippen LogP contribution in [0.15, 0.2) is 16.5 Å². The number of nitrogens with one attached hydrogen (secondary N) is 1. The molecule has 0 unspecified atom stereocenters. The fraction of sp³-hybridized carbons (Fsp3) is 0.636. The summed E-state index contributed by atoms with van der Waals surface area (Å²) in [6.07, 6.45) is 0.858. The van der Waals surface area contributed by atoms with E-state index < -0.39 is 0 Å². The first kappa shape index (κ1) is 11.3. The van der Waals surface area contributed by atoms with Gasteiger partial charge in [-0.15, -0.1) is 0 Å². The van der Waals surface area contributed by atoms with E-state index in [1.165, 1.54) is 0 Å². The number of furan rings is 1. The minimum atomic E-state index is -0.0211. The Morgan fingerprint density at radius 1 is 1.29 bits per heavy atom. The van der Waals surface area contributed by atoms with E-state index in [0.717, 1.165) is 18.7 Å². The molecule has 1 aromatic heterocycles. The quantitative estimate of drug-likeness (QED) is 0.772. The Hall–Kier alpha value is -0.800. The van der Waals surface area contributed by atoms with Crippen molar-refractivity contribution in [3.63, 3.8) is 0 Å². The Labute approximate surface area is 85.1 Å². The van der Waals surface area contributed by atoms with Crippen molar-refractivity contribution in [3.05, 3.63) is 23.7 Å². The maximum atomic E-state index is 8.80. The van der Waals surface area contributed by atoms with Gasteiger partial charge in [0.25, 0.3) is 0 Å². The molecular weight excluding hydrogens is 178 g/mol. The van der Waals surface area contributed by atoms with Crippen LogP contribution in [-0.4, -0.2) is 17.2 Å². The smallest absolute Gasteiger partial charge is 0.129 e. The second kappa shape index (κ2) is 4.62. The van der Waals surface area contributed by atoms with Crippen molar-refractivity contribution in [3.8, 4) is 0 Å². The molecule has 14 heavy (non-hydrogen) atoms. The summed E-state index contributed by atoms with van der Waals surface area (Å²) in [6, 6.07) is 3.72. The number of aliphatic hydroxyl groups is 1. The fourth-order valence-electron chi connectivity index (χ4n) is 1.20. The summed E-state index contributed by atoms with van der Waals surface area (Å²) < 4.78 is 5.36. The van der Waals surface area contributed by atoms with E-state index in [0.29, 0.717) is 5.76 Å². The Morgan fingerprint density at radius 2 is 1.93 bits per heavy atom. The predicted octanol–water partition coefficient (Wildman–Crippen LogP) is 1.70. The van der Waals surface area contributed by atoms with Crippen molar-refractivity contribution in [1.82, 2.24) is 5.32 Å². The molecule has 0 aromatic carbocycles. The highest BCUT2D eigenvalue weighted by molar-refractivity contribution is 5.06. The maximum Gasteiger partial charge on any atom is 0.129 e. The molecule has 0 saturated heterocycles. The van der Waals surface area contributed by atoms with Gasteiger partial charge >= 0.3 is 0 Å². The van der Waals surface area contributed by atoms with Crippen LogP contribution in [0.3, 0.4) is 0 Å². The van der Waals surface area contributed by atoms with Gasteiger partial charge in [0.05, 0.1) is 0 Å². The summed E-state index contributed by atoms with van der Waals surface area (Å²) in [5.74, 6) is 1.56. The lowest BCUT2D eigenvalue weighted by atomic mass is 10.1. The van der Waals surface area contributed by atoms with Gasteiger partial charge in [0, 0.05) is 18.5 Å². The molecule has 2 N–H and O–H groups in total. The molecule has 0 amide bonds. The van der Waals surface area contributed by atoms with E-state index >= 15 is 0 Å². The molecule has 0 bridgehead atoms. The monoisotopic (exact) mass is 197 g/mol. The van der Waals surface area contributed by atoms with Crippen LogP contribution in [0.5, 0.6) is 0 Å². The molecule has 1 aromatic rings. The van der Waals surface area contributed by atoms with E-state index in [1.807, 2.05) is 12.1 Å². The van der Waals surface area contributed by atoms with Gasteiger partial charge in [0.1, 0.15) is 18.1 Å². The first-order valence-corrected chi connectivity index (χ1v) is 4.95. The van der Waals surface area contributed by atoms with Crippen molar-refractivity contribution < 1.29 is 9.52 Å². The summed E-state index contributed by atoms with van der Waals surface area (Å²) in [5.41, 5.74) is 0.145. The molecule has 0 aliphatic rings. The molecule has 0 aliphatic heterocycles. The molecule has 0 aliphatic carbocycles. The standard InChI is InChI=1S/C11H19NO2/c1-11(2,3)12-7-6-9-4-5-10(8-13)14-9/h4-5,12-13H,6-8H2,1-3H3. The molecule has 0 radical (unpaired) electrons. The third-order valence-corrected chi connectivity index (χ3v) is 1.90. The molecule has 3 nitrogen and oxygen atoms in total. The average Bonchev–Trinajstić information content (AvgIpc) is 2.50. The van der Waals surface area contributed by atoms with Crippen molar-refractivity contribution in [2.45, 2.75) is 39.3 Å². The van der Waals surface area contributed by atoms with Crippen molar-refractivity contribution in [2.75, 3.05) is 6.54 Å². The van der Waals surface area contributed by atoms with E-state index in [4.69, 9.17) is 9.52 Å². The molecule has 0 spiro atoms. The number of hydrogen-bond donors (Lipinski definition) is 2. The minimum Gasteiger partial charge on any atom is -0.464 e. The third-order valence-electron chi connectivity index (χ3n) is 1.90. The lowest BCUT2D eigenvalue weighted by Gasteiger charge is -2.19. The largest absolute Gasteiger partial charge is 0.464 e. The molecule has 80 valence electrons. The van der Waals surface area contributed by atoms with Crippen LogP contribution in [0.1, 0.15) is 32.3 Å². The molecule has 1 heterocycles. The van der Waals surface area contributed by atoms with Gasteiger partial charge in [-0.05, 0) is 32.9 Å². The predicted molar refractivity (Wildman–Crippen MR) is 56.1 cm³/mol. The summed E-state index contributed by atoms with van der Waals surface area (Å²) in [7, 11) is 0. The highest BCUT2D eigenvalue weighted by Crippen LogP contribution is 2.08. The molecule has 3 heteroatoms. The lowest BCUT2D eigenvalue weighted by Crippen LogP contribution is -2.37. The van der Waals surface area contributed by atoms with Crippen molar-refractivity contribution >= 4 is 0 Å². The zero-order chi connectivity index (χ0) is 10.6. The molecule has 1 rings (SSSR count). The van der Waals surface area contributed by atoms with Gasteiger partial charge in [-0.1, -0.05) is 0 Å². The van der Waals surface area contributed by atoms with Crippen LogP contribution in [0.2, 0.25) is 0 Å². The summed E-state index contributed by atoms with van der Waals surface area (Å²) in [4.78, 5) is 0. The Bertz CT molecular complexity index is 273. The van der Waals surface area contributed by atoms with Crippen molar-refractivity contribution in [2.24, 2.45) is 0 Å². The normalized spacial score (nSPS) is 12.0. The summed E-state index contributed by atoms with van der Waals surface area (Å²) in [6.45, 7) is 7.27. The van der Waals surface area contributed by atoms with Crippen LogP contribution in [0.25, 0.3) is 0 Å². The average molecular weight is 197 g/mol. The van der Waals surface area contributed by atoms with Crippen LogP contribution in [0, 0.1) is 0 Å². The molecule has 0 atom stereocenters. The second-order valence-corrected chi connectivity index (χ2v) is 4.45. The molecule has 0 saturated carbocycles. The van der Waals surface area contributed by atoms with E-state index in [-0.39, 0.29) is 12.1 Å². The van der Waals surface area contributed by atoms with E-state index in [1.54, 1.807) is 0 Å². The van der Waals surface area contributed by atoms with Crippen LogP contribution >= 0.6 is 0 Å². The van der Waals surface area contributed by atoms with Crippen LogP contribution in [0.4, 0.5) is 0 Å². The first-order valence-electron chi connectivity index (χ1n) is 4.95. The topological polar surface area (TPSA) is 45.4 Å². The fourth-order valence-corrected chi connectivity index (χ4v) is 1.20. The second-order valence-electron chi connectivity index (χ2n) is 4.45. The highest BCUT2D eigenvalue weighted by atomic mass is 16.4. The van der Waals surface area contributed by atoms with Gasteiger partial charge in [0.2, 0.25) is 0 Å². The van der Waals surface area contributed by atoms with Crippen molar-refractivity contribution in [1.29, 1.82) is 0 Å². The Morgan fingerprint density at radius 3 is 2.43 bits per heavy atom. The zero-order valence-corrected chi connectivity index (χ0v) is 9.13. The zero-order valence-electron chi connectivity index (χ0n) is 9.13. The number of aliphatic hydroxyl groups excluding tert-OH is 1. The van der Waals surface area contributed by atoms with Crippen LogP contribution in [-0.2, 0) is 13.0 Å². The Balaban J connectivity index is 2.31. The summed E-state index contributed by atoms with van der Waals surface area (Å²) in [5, 5.41) is 12.2.